The molecular weight excluding hydrogens is 374 g/mol. The van der Waals surface area contributed by atoms with E-state index in [2.05, 4.69) is 58.6 Å². The second kappa shape index (κ2) is 11.6. The predicted molar refractivity (Wildman–Crippen MR) is 128 cm³/mol. The average molecular weight is 414 g/mol. The highest BCUT2D eigenvalue weighted by Crippen LogP contribution is 2.30. The van der Waals surface area contributed by atoms with Gasteiger partial charge in [0.05, 0.1) is 5.70 Å². The highest BCUT2D eigenvalue weighted by molar-refractivity contribution is 6.47. The Labute approximate surface area is 183 Å². The Hall–Kier alpha value is -2.50. The Morgan fingerprint density at radius 1 is 1.13 bits per heavy atom. The number of aliphatic imine (C=N–C) groups is 2. The van der Waals surface area contributed by atoms with Gasteiger partial charge in [-0.1, -0.05) is 26.0 Å². The monoisotopic (exact) mass is 413 g/mol. The van der Waals surface area contributed by atoms with E-state index in [1.54, 1.807) is 7.05 Å². The van der Waals surface area contributed by atoms with Crippen LogP contribution in [-0.2, 0) is 4.74 Å². The van der Waals surface area contributed by atoms with Gasteiger partial charge in [0.1, 0.15) is 17.2 Å². The van der Waals surface area contributed by atoms with Crippen molar-refractivity contribution in [3.8, 4) is 0 Å². The summed E-state index contributed by atoms with van der Waals surface area (Å²) in [5.41, 5.74) is 3.08. The van der Waals surface area contributed by atoms with Crippen LogP contribution in [0.25, 0.3) is 0 Å². The van der Waals surface area contributed by atoms with E-state index in [4.69, 9.17) is 4.74 Å². The van der Waals surface area contributed by atoms with Gasteiger partial charge in [-0.15, -0.1) is 0 Å². The van der Waals surface area contributed by atoms with Gasteiger partial charge < -0.3 is 19.4 Å². The van der Waals surface area contributed by atoms with Gasteiger partial charge in [-0.05, 0) is 31.4 Å². The fraction of sp³-hybridized carbons (Fsp3) is 0.583. The van der Waals surface area contributed by atoms with Crippen LogP contribution in [0.15, 0.2) is 57.7 Å². The molecule has 0 bridgehead atoms. The van der Waals surface area contributed by atoms with Gasteiger partial charge in [0.15, 0.2) is 5.84 Å². The first-order valence-corrected chi connectivity index (χ1v) is 11.0. The fourth-order valence-electron chi connectivity index (χ4n) is 3.73. The van der Waals surface area contributed by atoms with E-state index in [0.717, 1.165) is 74.2 Å². The molecule has 2 fully saturated rings. The summed E-state index contributed by atoms with van der Waals surface area (Å²) in [7, 11) is 7.60. The van der Waals surface area contributed by atoms with Gasteiger partial charge >= 0.3 is 0 Å². The summed E-state index contributed by atoms with van der Waals surface area (Å²) in [6.07, 6.45) is 10.9. The van der Waals surface area contributed by atoms with Crippen molar-refractivity contribution < 1.29 is 4.74 Å². The summed E-state index contributed by atoms with van der Waals surface area (Å²) >= 11 is 0. The first kappa shape index (κ1) is 23.8. The molecule has 2 saturated heterocycles. The predicted octanol–water partition coefficient (Wildman–Crippen LogP) is 4.06. The van der Waals surface area contributed by atoms with Crippen LogP contribution in [-0.4, -0.2) is 80.6 Å². The topological polar surface area (TPSA) is 43.7 Å². The second-order valence-electron chi connectivity index (χ2n) is 7.85. The van der Waals surface area contributed by atoms with E-state index in [-0.39, 0.29) is 0 Å². The summed E-state index contributed by atoms with van der Waals surface area (Å²) in [5.74, 6) is 3.00. The molecule has 0 aromatic heterocycles. The Balaban J connectivity index is 2.00. The van der Waals surface area contributed by atoms with Gasteiger partial charge in [-0.25, -0.2) is 0 Å². The van der Waals surface area contributed by atoms with Gasteiger partial charge in [0, 0.05) is 67.0 Å². The highest BCUT2D eigenvalue weighted by Gasteiger charge is 2.24. The average Bonchev–Trinajstić information content (AvgIpc) is 2.76. The third-order valence-electron chi connectivity index (χ3n) is 5.54. The molecule has 6 heteroatoms. The molecule has 0 aromatic carbocycles. The van der Waals surface area contributed by atoms with E-state index >= 15 is 0 Å². The lowest BCUT2D eigenvalue weighted by Gasteiger charge is -2.37. The van der Waals surface area contributed by atoms with E-state index in [0.29, 0.717) is 0 Å². The van der Waals surface area contributed by atoms with Crippen LogP contribution < -0.4 is 0 Å². The minimum Gasteiger partial charge on any atom is -0.460 e. The third kappa shape index (κ3) is 6.00. The molecule has 0 aliphatic carbocycles. The summed E-state index contributed by atoms with van der Waals surface area (Å²) in [5, 5.41) is 0. The van der Waals surface area contributed by atoms with E-state index in [9.17, 15) is 0 Å². The highest BCUT2D eigenvalue weighted by atomic mass is 16.5. The number of allylic oxidation sites excluding steroid dienone is 4. The second-order valence-corrected chi connectivity index (χ2v) is 7.85. The maximum absolute atomic E-state index is 6.20. The zero-order valence-electron chi connectivity index (χ0n) is 19.7. The van der Waals surface area contributed by atoms with Gasteiger partial charge in [-0.3, -0.25) is 9.98 Å². The number of nitrogens with zero attached hydrogens (tertiary/aromatic N) is 5. The van der Waals surface area contributed by atoms with Crippen LogP contribution in [0.2, 0.25) is 0 Å². The van der Waals surface area contributed by atoms with Crippen LogP contribution in [0, 0.1) is 0 Å². The molecule has 2 aliphatic rings. The molecule has 166 valence electrons. The molecule has 0 unspecified atom stereocenters. The minimum absolute atomic E-state index is 0.856. The summed E-state index contributed by atoms with van der Waals surface area (Å²) < 4.78 is 6.20. The van der Waals surface area contributed by atoms with Gasteiger partial charge in [0.2, 0.25) is 0 Å². The number of hydrogen-bond donors (Lipinski definition) is 0. The van der Waals surface area contributed by atoms with Crippen molar-refractivity contribution in [2.24, 2.45) is 9.98 Å². The molecule has 0 N–H and O–H groups in total. The van der Waals surface area contributed by atoms with Crippen molar-refractivity contribution in [2.75, 3.05) is 54.4 Å². The van der Waals surface area contributed by atoms with Gasteiger partial charge in [-0.2, -0.15) is 0 Å². The van der Waals surface area contributed by atoms with E-state index < -0.39 is 0 Å². The molecule has 2 heterocycles. The number of hydrogen-bond acceptors (Lipinski definition) is 5. The lowest BCUT2D eigenvalue weighted by Crippen LogP contribution is -2.50. The molecule has 0 radical (unpaired) electrons. The van der Waals surface area contributed by atoms with Crippen LogP contribution in [0.3, 0.4) is 0 Å². The number of ether oxygens (including phenoxy) is 1. The molecule has 0 atom stereocenters. The minimum atomic E-state index is 0.856. The SMILES string of the molecule is C=C(C(=NC)C(=NC)N1CCN(/C=C2\CCC(=C/CCC)/C(=C\C)O2)CC1)N(C)C. The zero-order chi connectivity index (χ0) is 22.1. The molecular formula is C24H39N5O. The Kier molecular flexibility index (Phi) is 9.21. The van der Waals surface area contributed by atoms with Crippen LogP contribution >= 0.6 is 0 Å². The van der Waals surface area contributed by atoms with Crippen LogP contribution in [0.4, 0.5) is 0 Å². The molecule has 6 nitrogen and oxygen atoms in total. The normalized spacial score (nSPS) is 22.7. The molecule has 2 rings (SSSR count). The van der Waals surface area contributed by atoms with Crippen LogP contribution in [0.5, 0.6) is 0 Å². The van der Waals surface area contributed by atoms with Gasteiger partial charge in [0.25, 0.3) is 0 Å². The van der Waals surface area contributed by atoms with Crippen molar-refractivity contribution in [3.63, 3.8) is 0 Å². The van der Waals surface area contributed by atoms with Crippen molar-refractivity contribution in [3.05, 3.63) is 47.7 Å². The smallest absolute Gasteiger partial charge is 0.151 e. The lowest BCUT2D eigenvalue weighted by molar-refractivity contribution is 0.215. The Morgan fingerprint density at radius 2 is 1.83 bits per heavy atom. The standard InChI is InChI=1S/C24H39N5O/c1-8-10-11-20-12-13-21(30-22(20)9-2)18-28-14-16-29(17-15-28)24(26-5)23(25-4)19(3)27(6)7/h9,11,18H,3,8,10,12-17H2,1-2,4-7H3/b20-11-,21-18+,22-9+,25-23?,26-24?. The fourth-order valence-corrected chi connectivity index (χ4v) is 3.73. The van der Waals surface area contributed by atoms with Crippen molar-refractivity contribution >= 4 is 11.5 Å². The van der Waals surface area contributed by atoms with Crippen molar-refractivity contribution in [1.29, 1.82) is 0 Å². The molecule has 0 amide bonds. The Morgan fingerprint density at radius 3 is 2.37 bits per heavy atom. The Bertz CT molecular complexity index is 750. The lowest BCUT2D eigenvalue weighted by atomic mass is 10.0. The first-order valence-electron chi connectivity index (χ1n) is 11.0. The van der Waals surface area contributed by atoms with E-state index in [1.165, 1.54) is 12.0 Å². The number of rotatable bonds is 6. The zero-order valence-corrected chi connectivity index (χ0v) is 19.7. The maximum atomic E-state index is 6.20. The third-order valence-corrected chi connectivity index (χ3v) is 5.54. The van der Waals surface area contributed by atoms with E-state index in [1.807, 2.05) is 26.0 Å². The summed E-state index contributed by atoms with van der Waals surface area (Å²) in [6.45, 7) is 12.1. The number of amidine groups is 1. The number of unbranched alkanes of at least 4 members (excludes halogenated alkanes) is 1. The molecule has 2 aliphatic heterocycles. The van der Waals surface area contributed by atoms with Crippen LogP contribution in [0.1, 0.15) is 39.5 Å². The van der Waals surface area contributed by atoms with Crippen molar-refractivity contribution in [1.82, 2.24) is 14.7 Å². The molecule has 0 aromatic rings. The molecule has 0 spiro atoms. The summed E-state index contributed by atoms with van der Waals surface area (Å²) in [4.78, 5) is 15.6. The molecule has 0 saturated carbocycles. The van der Waals surface area contributed by atoms with Crippen molar-refractivity contribution in [2.45, 2.75) is 39.5 Å². The quantitative estimate of drug-likeness (QED) is 0.486. The maximum Gasteiger partial charge on any atom is 0.151 e. The summed E-state index contributed by atoms with van der Waals surface area (Å²) in [6, 6.07) is 0. The molecule has 30 heavy (non-hydrogen) atoms. The largest absolute Gasteiger partial charge is 0.460 e. The first-order chi connectivity index (χ1) is 14.4. The number of piperazine rings is 1.